The molecule has 2 aromatic rings. The molecule has 0 radical (unpaired) electrons. The molecule has 0 aliphatic rings. The lowest BCUT2D eigenvalue weighted by atomic mass is 10.0. The molecule has 6 heteroatoms. The fourth-order valence-electron chi connectivity index (χ4n) is 2.52. The van der Waals surface area contributed by atoms with E-state index < -0.39 is 0 Å². The molecule has 0 fully saturated rings. The minimum Gasteiger partial charge on any atom is -0.423 e. The van der Waals surface area contributed by atoms with E-state index >= 15 is 0 Å². The number of aromatic nitrogens is 2. The Labute approximate surface area is 141 Å². The van der Waals surface area contributed by atoms with Crippen LogP contribution in [0.15, 0.2) is 28.7 Å². The second-order valence-corrected chi connectivity index (χ2v) is 6.39. The Bertz CT molecular complexity index is 653. The average Bonchev–Trinajstić information content (AvgIpc) is 2.95. The molecule has 1 heterocycles. The standard InChI is InChI=1S/C18H24FN3O2/c1-12(2)11-16(18-22-21-13(3)24-18)20-17(23)6-4-5-14-7-9-15(19)10-8-14/h7-10,12,16H,4-6,11H2,1-3H3,(H,20,23). The first-order chi connectivity index (χ1) is 11.4. The summed E-state index contributed by atoms with van der Waals surface area (Å²) >= 11 is 0. The van der Waals surface area contributed by atoms with Crippen molar-refractivity contribution in [3.05, 3.63) is 47.4 Å². The van der Waals surface area contributed by atoms with Gasteiger partial charge in [0.25, 0.3) is 0 Å². The Morgan fingerprint density at radius 3 is 2.54 bits per heavy atom. The molecule has 24 heavy (non-hydrogen) atoms. The van der Waals surface area contributed by atoms with Crippen molar-refractivity contribution in [1.82, 2.24) is 15.5 Å². The highest BCUT2D eigenvalue weighted by Gasteiger charge is 2.21. The maximum Gasteiger partial charge on any atom is 0.238 e. The second kappa shape index (κ2) is 8.57. The van der Waals surface area contributed by atoms with Gasteiger partial charge in [-0.3, -0.25) is 4.79 Å². The molecule has 1 amide bonds. The first kappa shape index (κ1) is 18.1. The van der Waals surface area contributed by atoms with Gasteiger partial charge in [0.1, 0.15) is 11.9 Å². The smallest absolute Gasteiger partial charge is 0.238 e. The minimum absolute atomic E-state index is 0.0429. The molecule has 0 aliphatic carbocycles. The zero-order valence-electron chi connectivity index (χ0n) is 14.4. The third-order valence-electron chi connectivity index (χ3n) is 3.66. The largest absolute Gasteiger partial charge is 0.423 e. The molecular weight excluding hydrogens is 309 g/mol. The fraction of sp³-hybridized carbons (Fsp3) is 0.500. The summed E-state index contributed by atoms with van der Waals surface area (Å²) in [6.45, 7) is 5.89. The topological polar surface area (TPSA) is 68.0 Å². The third kappa shape index (κ3) is 5.76. The lowest BCUT2D eigenvalue weighted by molar-refractivity contribution is -0.122. The van der Waals surface area contributed by atoms with Crippen LogP contribution in [0.25, 0.3) is 0 Å². The first-order valence-corrected chi connectivity index (χ1v) is 8.28. The van der Waals surface area contributed by atoms with Crippen molar-refractivity contribution in [2.45, 2.75) is 52.5 Å². The summed E-state index contributed by atoms with van der Waals surface area (Å²) in [5.74, 6) is 1.04. The average molecular weight is 333 g/mol. The number of nitrogens with zero attached hydrogens (tertiary/aromatic N) is 2. The lowest BCUT2D eigenvalue weighted by Crippen LogP contribution is -2.29. The zero-order valence-corrected chi connectivity index (χ0v) is 14.4. The fourth-order valence-corrected chi connectivity index (χ4v) is 2.52. The molecule has 1 unspecified atom stereocenters. The van der Waals surface area contributed by atoms with Crippen LogP contribution in [0.1, 0.15) is 56.5 Å². The maximum absolute atomic E-state index is 12.9. The summed E-state index contributed by atoms with van der Waals surface area (Å²) in [5.41, 5.74) is 1.02. The quantitative estimate of drug-likeness (QED) is 0.799. The maximum atomic E-state index is 12.9. The summed E-state index contributed by atoms with van der Waals surface area (Å²) in [5, 5.41) is 10.8. The molecule has 0 saturated heterocycles. The van der Waals surface area contributed by atoms with E-state index in [-0.39, 0.29) is 17.8 Å². The van der Waals surface area contributed by atoms with Crippen LogP contribution in [0.3, 0.4) is 0 Å². The summed E-state index contributed by atoms with van der Waals surface area (Å²) < 4.78 is 18.3. The molecule has 1 N–H and O–H groups in total. The van der Waals surface area contributed by atoms with Crippen molar-refractivity contribution < 1.29 is 13.6 Å². The first-order valence-electron chi connectivity index (χ1n) is 8.28. The number of carbonyl (C=O) groups is 1. The van der Waals surface area contributed by atoms with Crippen molar-refractivity contribution in [1.29, 1.82) is 0 Å². The number of rotatable bonds is 8. The van der Waals surface area contributed by atoms with Crippen molar-refractivity contribution >= 4 is 5.91 Å². The van der Waals surface area contributed by atoms with Crippen LogP contribution in [0, 0.1) is 18.7 Å². The SMILES string of the molecule is Cc1nnc(C(CC(C)C)NC(=O)CCCc2ccc(F)cc2)o1. The van der Waals surface area contributed by atoms with Gasteiger partial charge in [0.2, 0.25) is 17.7 Å². The van der Waals surface area contributed by atoms with E-state index in [9.17, 15) is 9.18 Å². The van der Waals surface area contributed by atoms with Crippen LogP contribution in [-0.2, 0) is 11.2 Å². The minimum atomic E-state index is -0.260. The molecule has 5 nitrogen and oxygen atoms in total. The molecule has 0 spiro atoms. The van der Waals surface area contributed by atoms with Gasteiger partial charge in [0.15, 0.2) is 0 Å². The van der Waals surface area contributed by atoms with Gasteiger partial charge in [0.05, 0.1) is 0 Å². The molecule has 0 saturated carbocycles. The van der Waals surface area contributed by atoms with Crippen molar-refractivity contribution in [2.24, 2.45) is 5.92 Å². The lowest BCUT2D eigenvalue weighted by Gasteiger charge is -2.17. The molecular formula is C18H24FN3O2. The number of benzene rings is 1. The Morgan fingerprint density at radius 1 is 1.25 bits per heavy atom. The number of halogens is 1. The molecule has 1 aromatic heterocycles. The van der Waals surface area contributed by atoms with Gasteiger partial charge in [-0.05, 0) is 42.9 Å². The van der Waals surface area contributed by atoms with Crippen LogP contribution in [0.4, 0.5) is 4.39 Å². The van der Waals surface area contributed by atoms with E-state index in [0.717, 1.165) is 18.4 Å². The Kier molecular flexibility index (Phi) is 6.46. The summed E-state index contributed by atoms with van der Waals surface area (Å²) in [7, 11) is 0. The van der Waals surface area contributed by atoms with E-state index in [0.29, 0.717) is 30.5 Å². The van der Waals surface area contributed by atoms with E-state index in [1.807, 2.05) is 0 Å². The van der Waals surface area contributed by atoms with Gasteiger partial charge >= 0.3 is 0 Å². The molecule has 0 bridgehead atoms. The van der Waals surface area contributed by atoms with Gasteiger partial charge in [-0.15, -0.1) is 10.2 Å². The summed E-state index contributed by atoms with van der Waals surface area (Å²) in [6.07, 6.45) is 2.58. The van der Waals surface area contributed by atoms with E-state index in [2.05, 4.69) is 29.4 Å². The Hall–Kier alpha value is -2.24. The van der Waals surface area contributed by atoms with Crippen LogP contribution < -0.4 is 5.32 Å². The molecule has 1 atom stereocenters. The number of hydrogen-bond donors (Lipinski definition) is 1. The number of amides is 1. The van der Waals surface area contributed by atoms with Gasteiger partial charge in [0, 0.05) is 13.3 Å². The highest BCUT2D eigenvalue weighted by molar-refractivity contribution is 5.76. The predicted octanol–water partition coefficient (Wildman–Crippen LogP) is 3.74. The van der Waals surface area contributed by atoms with Crippen LogP contribution >= 0.6 is 0 Å². The van der Waals surface area contributed by atoms with Crippen LogP contribution in [0.5, 0.6) is 0 Å². The highest BCUT2D eigenvalue weighted by atomic mass is 19.1. The summed E-state index contributed by atoms with van der Waals surface area (Å²) in [4.78, 5) is 12.2. The van der Waals surface area contributed by atoms with Crippen molar-refractivity contribution in [3.8, 4) is 0 Å². The van der Waals surface area contributed by atoms with Crippen molar-refractivity contribution in [2.75, 3.05) is 0 Å². The van der Waals surface area contributed by atoms with Crippen LogP contribution in [-0.4, -0.2) is 16.1 Å². The predicted molar refractivity (Wildman–Crippen MR) is 88.7 cm³/mol. The zero-order chi connectivity index (χ0) is 17.5. The third-order valence-corrected chi connectivity index (χ3v) is 3.66. The Balaban J connectivity index is 1.84. The number of aryl methyl sites for hydroxylation is 2. The van der Waals surface area contributed by atoms with Crippen molar-refractivity contribution in [3.63, 3.8) is 0 Å². The van der Waals surface area contributed by atoms with Gasteiger partial charge in [-0.1, -0.05) is 26.0 Å². The van der Waals surface area contributed by atoms with Gasteiger partial charge in [-0.2, -0.15) is 0 Å². The van der Waals surface area contributed by atoms with Crippen LogP contribution in [0.2, 0.25) is 0 Å². The van der Waals surface area contributed by atoms with E-state index in [1.165, 1.54) is 12.1 Å². The number of nitrogens with one attached hydrogen (secondary N) is 1. The number of hydrogen-bond acceptors (Lipinski definition) is 4. The molecule has 1 aromatic carbocycles. The normalized spacial score (nSPS) is 12.4. The second-order valence-electron chi connectivity index (χ2n) is 6.39. The molecule has 2 rings (SSSR count). The van der Waals surface area contributed by atoms with E-state index in [4.69, 9.17) is 4.42 Å². The van der Waals surface area contributed by atoms with Gasteiger partial charge in [-0.25, -0.2) is 4.39 Å². The molecule has 0 aliphatic heterocycles. The van der Waals surface area contributed by atoms with Gasteiger partial charge < -0.3 is 9.73 Å². The number of carbonyl (C=O) groups excluding carboxylic acids is 1. The highest BCUT2D eigenvalue weighted by Crippen LogP contribution is 2.20. The monoisotopic (exact) mass is 333 g/mol. The molecule has 130 valence electrons. The summed E-state index contributed by atoms with van der Waals surface area (Å²) in [6, 6.07) is 6.11. The Morgan fingerprint density at radius 2 is 1.96 bits per heavy atom. The van der Waals surface area contributed by atoms with E-state index in [1.54, 1.807) is 19.1 Å².